The van der Waals surface area contributed by atoms with E-state index in [-0.39, 0.29) is 29.2 Å². The van der Waals surface area contributed by atoms with Crippen LogP contribution in [0.5, 0.6) is 5.75 Å². The van der Waals surface area contributed by atoms with Gasteiger partial charge >= 0.3 is 5.97 Å². The Labute approximate surface area is 115 Å². The molecule has 0 aliphatic carbocycles. The summed E-state index contributed by atoms with van der Waals surface area (Å²) in [5, 5.41) is 3.75. The molecule has 106 valence electrons. The first-order valence-electron chi connectivity index (χ1n) is 6.05. The molecular weight excluding hydrogens is 265 g/mol. The lowest BCUT2D eigenvalue weighted by Gasteiger charge is -2.06. The third-order valence-electron chi connectivity index (χ3n) is 2.77. The van der Waals surface area contributed by atoms with Crippen molar-refractivity contribution in [3.8, 4) is 17.0 Å². The number of carbonyl (C=O) groups is 1. The maximum Gasteiger partial charge on any atom is 0.344 e. The van der Waals surface area contributed by atoms with Crippen molar-refractivity contribution in [2.45, 2.75) is 13.8 Å². The Balaban J connectivity index is 2.56. The molecule has 20 heavy (non-hydrogen) atoms. The van der Waals surface area contributed by atoms with Crippen LogP contribution in [0.3, 0.4) is 0 Å². The molecule has 0 aliphatic heterocycles. The first-order valence-corrected chi connectivity index (χ1v) is 6.05. The molecule has 2 aromatic rings. The molecule has 0 unspecified atom stereocenters. The maximum atomic E-state index is 13.9. The first-order chi connectivity index (χ1) is 9.58. The van der Waals surface area contributed by atoms with Gasteiger partial charge in [0.1, 0.15) is 28.6 Å². The van der Waals surface area contributed by atoms with Crippen molar-refractivity contribution in [3.05, 3.63) is 35.3 Å². The van der Waals surface area contributed by atoms with Gasteiger partial charge in [0, 0.05) is 5.56 Å². The summed E-state index contributed by atoms with van der Waals surface area (Å²) in [5.74, 6) is -0.384. The zero-order chi connectivity index (χ0) is 14.7. The fraction of sp³-hybridized carbons (Fsp3) is 0.286. The number of benzene rings is 1. The van der Waals surface area contributed by atoms with Crippen LogP contribution in [0.1, 0.15) is 23.0 Å². The molecule has 0 amide bonds. The summed E-state index contributed by atoms with van der Waals surface area (Å²) in [6.07, 6.45) is 0. The van der Waals surface area contributed by atoms with E-state index < -0.39 is 11.8 Å². The Morgan fingerprint density at radius 1 is 1.45 bits per heavy atom. The van der Waals surface area contributed by atoms with Crippen LogP contribution in [-0.2, 0) is 4.74 Å². The molecule has 0 aliphatic rings. The summed E-state index contributed by atoms with van der Waals surface area (Å²) in [6, 6.07) is 4.18. The number of aryl methyl sites for hydroxylation is 1. The van der Waals surface area contributed by atoms with Crippen LogP contribution >= 0.6 is 0 Å². The number of carbonyl (C=O) groups excluding carboxylic acids is 1. The predicted molar refractivity (Wildman–Crippen MR) is 69.1 cm³/mol. The molecule has 0 bridgehead atoms. The van der Waals surface area contributed by atoms with Crippen LogP contribution in [0.15, 0.2) is 22.7 Å². The number of esters is 1. The second kappa shape index (κ2) is 5.73. The minimum Gasteiger partial charge on any atom is -0.497 e. The number of halogens is 1. The van der Waals surface area contributed by atoms with Crippen molar-refractivity contribution in [1.82, 2.24) is 5.16 Å². The Morgan fingerprint density at radius 3 is 2.85 bits per heavy atom. The minimum absolute atomic E-state index is 0.109. The monoisotopic (exact) mass is 279 g/mol. The molecule has 2 rings (SSSR count). The van der Waals surface area contributed by atoms with Gasteiger partial charge in [0.15, 0.2) is 0 Å². The normalized spacial score (nSPS) is 10.4. The average Bonchev–Trinajstić information content (AvgIpc) is 2.81. The fourth-order valence-electron chi connectivity index (χ4n) is 1.81. The largest absolute Gasteiger partial charge is 0.497 e. The number of ether oxygens (including phenoxy) is 2. The van der Waals surface area contributed by atoms with Crippen LogP contribution < -0.4 is 4.74 Å². The van der Waals surface area contributed by atoms with Crippen molar-refractivity contribution in [2.75, 3.05) is 13.7 Å². The lowest BCUT2D eigenvalue weighted by Crippen LogP contribution is -2.07. The predicted octanol–water partition coefficient (Wildman–Crippen LogP) is 2.97. The van der Waals surface area contributed by atoms with Gasteiger partial charge in [-0.25, -0.2) is 9.18 Å². The Hall–Kier alpha value is -2.37. The lowest BCUT2D eigenvalue weighted by molar-refractivity contribution is 0.0525. The molecule has 0 spiro atoms. The van der Waals surface area contributed by atoms with Gasteiger partial charge in [-0.2, -0.15) is 0 Å². The molecule has 1 heterocycles. The van der Waals surface area contributed by atoms with Crippen LogP contribution in [-0.4, -0.2) is 24.8 Å². The lowest BCUT2D eigenvalue weighted by atomic mass is 10.1. The molecule has 0 atom stereocenters. The maximum absolute atomic E-state index is 13.9. The topological polar surface area (TPSA) is 61.6 Å². The van der Waals surface area contributed by atoms with E-state index in [1.165, 1.54) is 25.3 Å². The average molecular weight is 279 g/mol. The molecule has 0 N–H and O–H groups in total. The van der Waals surface area contributed by atoms with Crippen LogP contribution in [0.25, 0.3) is 11.3 Å². The van der Waals surface area contributed by atoms with E-state index in [1.54, 1.807) is 13.8 Å². The van der Waals surface area contributed by atoms with Crippen LogP contribution in [0, 0.1) is 12.7 Å². The van der Waals surface area contributed by atoms with E-state index in [0.29, 0.717) is 5.75 Å². The summed E-state index contributed by atoms with van der Waals surface area (Å²) in [7, 11) is 1.47. The smallest absolute Gasteiger partial charge is 0.344 e. The summed E-state index contributed by atoms with van der Waals surface area (Å²) >= 11 is 0. The number of hydrogen-bond donors (Lipinski definition) is 0. The van der Waals surface area contributed by atoms with Crippen LogP contribution in [0.2, 0.25) is 0 Å². The van der Waals surface area contributed by atoms with Gasteiger partial charge in [0.05, 0.1) is 13.7 Å². The van der Waals surface area contributed by atoms with Gasteiger partial charge < -0.3 is 14.0 Å². The number of aromatic nitrogens is 1. The number of rotatable bonds is 4. The van der Waals surface area contributed by atoms with Gasteiger partial charge in [0.2, 0.25) is 0 Å². The zero-order valence-electron chi connectivity index (χ0n) is 11.4. The van der Waals surface area contributed by atoms with Gasteiger partial charge in [-0.05, 0) is 32.0 Å². The van der Waals surface area contributed by atoms with Crippen molar-refractivity contribution < 1.29 is 23.2 Å². The zero-order valence-corrected chi connectivity index (χ0v) is 11.4. The molecule has 1 aromatic carbocycles. The van der Waals surface area contributed by atoms with Gasteiger partial charge in [-0.1, -0.05) is 5.16 Å². The highest BCUT2D eigenvalue weighted by Crippen LogP contribution is 2.30. The van der Waals surface area contributed by atoms with Crippen molar-refractivity contribution in [1.29, 1.82) is 0 Å². The van der Waals surface area contributed by atoms with E-state index in [2.05, 4.69) is 5.16 Å². The number of methoxy groups -OCH3 is 1. The fourth-order valence-corrected chi connectivity index (χ4v) is 1.81. The van der Waals surface area contributed by atoms with Crippen molar-refractivity contribution in [3.63, 3.8) is 0 Å². The Bertz CT molecular complexity index is 636. The summed E-state index contributed by atoms with van der Waals surface area (Å²) in [4.78, 5) is 11.9. The molecule has 0 fully saturated rings. The molecule has 1 aromatic heterocycles. The minimum atomic E-state index is -0.594. The Morgan fingerprint density at radius 2 is 2.20 bits per heavy atom. The molecule has 0 radical (unpaired) electrons. The highest BCUT2D eigenvalue weighted by atomic mass is 19.1. The SMILES string of the molecule is CCOC(=O)c1c(-c2cc(OC)ccc2F)noc1C. The van der Waals surface area contributed by atoms with Gasteiger partial charge in [-0.15, -0.1) is 0 Å². The van der Waals surface area contributed by atoms with Crippen molar-refractivity contribution >= 4 is 5.97 Å². The highest BCUT2D eigenvalue weighted by molar-refractivity contribution is 5.97. The van der Waals surface area contributed by atoms with E-state index in [0.717, 1.165) is 0 Å². The second-order valence-electron chi connectivity index (χ2n) is 4.03. The summed E-state index contributed by atoms with van der Waals surface area (Å²) in [6.45, 7) is 3.47. The van der Waals surface area contributed by atoms with E-state index in [4.69, 9.17) is 14.0 Å². The third-order valence-corrected chi connectivity index (χ3v) is 2.77. The van der Waals surface area contributed by atoms with Crippen molar-refractivity contribution in [2.24, 2.45) is 0 Å². The molecule has 0 saturated heterocycles. The quantitative estimate of drug-likeness (QED) is 0.805. The van der Waals surface area contributed by atoms with E-state index in [1.807, 2.05) is 0 Å². The second-order valence-corrected chi connectivity index (χ2v) is 4.03. The molecular formula is C14H14FNO4. The first kappa shape index (κ1) is 14.0. The number of nitrogens with zero attached hydrogens (tertiary/aromatic N) is 1. The Kier molecular flexibility index (Phi) is 4.02. The van der Waals surface area contributed by atoms with Gasteiger partial charge in [0.25, 0.3) is 0 Å². The number of hydrogen-bond acceptors (Lipinski definition) is 5. The highest BCUT2D eigenvalue weighted by Gasteiger charge is 2.24. The third kappa shape index (κ3) is 2.49. The van der Waals surface area contributed by atoms with Crippen LogP contribution in [0.4, 0.5) is 4.39 Å². The molecule has 0 saturated carbocycles. The summed E-state index contributed by atoms with van der Waals surface area (Å²) < 4.78 is 28.9. The molecule has 5 nitrogen and oxygen atoms in total. The standard InChI is InChI=1S/C14H14FNO4/c1-4-19-14(17)12-8(2)20-16-13(12)10-7-9(18-3)5-6-11(10)15/h5-7H,4H2,1-3H3. The van der Waals surface area contributed by atoms with E-state index >= 15 is 0 Å². The van der Waals surface area contributed by atoms with E-state index in [9.17, 15) is 9.18 Å². The molecule has 6 heteroatoms. The summed E-state index contributed by atoms with van der Waals surface area (Å²) in [5.41, 5.74) is 0.362. The van der Waals surface area contributed by atoms with Gasteiger partial charge in [-0.3, -0.25) is 0 Å².